The van der Waals surface area contributed by atoms with Gasteiger partial charge < -0.3 is 5.73 Å². The Bertz CT molecular complexity index is 1040. The zero-order valence-corrected chi connectivity index (χ0v) is 13.7. The van der Waals surface area contributed by atoms with Gasteiger partial charge in [-0.1, -0.05) is 42.5 Å². The summed E-state index contributed by atoms with van der Waals surface area (Å²) in [5.74, 6) is 0.495. The quantitative estimate of drug-likeness (QED) is 0.568. The van der Waals surface area contributed by atoms with Crippen LogP contribution in [0.3, 0.4) is 0 Å². The van der Waals surface area contributed by atoms with Gasteiger partial charge in [0, 0.05) is 17.0 Å². The molecule has 0 fully saturated rings. The minimum atomic E-state index is 0.495. The standard InChI is InChI=1S/C21H19N3/c1-14-6-2-3-7-16(14)11-10-15-12-18-17-8-4-5-9-19(17)24-21(22)20(18)23-13-15/h2-9,12-13H,10-11H2,1H3,(H2,22,24). The van der Waals surface area contributed by atoms with E-state index in [1.165, 1.54) is 16.7 Å². The summed E-state index contributed by atoms with van der Waals surface area (Å²) in [6.07, 6.45) is 3.90. The molecule has 0 saturated heterocycles. The van der Waals surface area contributed by atoms with Crippen molar-refractivity contribution in [3.05, 3.63) is 77.5 Å². The molecule has 118 valence electrons. The van der Waals surface area contributed by atoms with Gasteiger partial charge in [0.1, 0.15) is 5.52 Å². The van der Waals surface area contributed by atoms with E-state index in [-0.39, 0.29) is 0 Å². The fraction of sp³-hybridized carbons (Fsp3) is 0.143. The van der Waals surface area contributed by atoms with Gasteiger partial charge in [-0.15, -0.1) is 0 Å². The zero-order chi connectivity index (χ0) is 16.5. The monoisotopic (exact) mass is 313 g/mol. The van der Waals surface area contributed by atoms with E-state index in [0.29, 0.717) is 5.82 Å². The number of benzene rings is 2. The zero-order valence-electron chi connectivity index (χ0n) is 13.7. The fourth-order valence-corrected chi connectivity index (χ4v) is 3.21. The topological polar surface area (TPSA) is 51.8 Å². The molecular formula is C21H19N3. The van der Waals surface area contributed by atoms with E-state index in [4.69, 9.17) is 5.73 Å². The van der Waals surface area contributed by atoms with Gasteiger partial charge >= 0.3 is 0 Å². The van der Waals surface area contributed by atoms with Gasteiger partial charge in [0.15, 0.2) is 5.82 Å². The molecule has 0 aliphatic rings. The van der Waals surface area contributed by atoms with E-state index in [2.05, 4.69) is 53.3 Å². The van der Waals surface area contributed by atoms with E-state index >= 15 is 0 Å². The molecule has 3 heteroatoms. The van der Waals surface area contributed by atoms with Crippen molar-refractivity contribution in [2.75, 3.05) is 5.73 Å². The predicted octanol–water partition coefficient (Wildman–Crippen LogP) is 4.46. The molecule has 0 unspecified atom stereocenters. The summed E-state index contributed by atoms with van der Waals surface area (Å²) in [5, 5.41) is 2.19. The molecule has 4 aromatic rings. The minimum Gasteiger partial charge on any atom is -0.382 e. The highest BCUT2D eigenvalue weighted by Gasteiger charge is 2.08. The van der Waals surface area contributed by atoms with Crippen LogP contribution in [0.5, 0.6) is 0 Å². The highest BCUT2D eigenvalue weighted by Crippen LogP contribution is 2.27. The SMILES string of the molecule is Cc1ccccc1CCc1cnc2c(N)nc3ccccc3c2c1. The lowest BCUT2D eigenvalue weighted by atomic mass is 10.00. The number of nitrogen functional groups attached to an aromatic ring is 1. The van der Waals surface area contributed by atoms with Crippen molar-refractivity contribution in [3.8, 4) is 0 Å². The van der Waals surface area contributed by atoms with Crippen LogP contribution >= 0.6 is 0 Å². The second kappa shape index (κ2) is 5.93. The lowest BCUT2D eigenvalue weighted by Gasteiger charge is -2.09. The summed E-state index contributed by atoms with van der Waals surface area (Å²) < 4.78 is 0. The van der Waals surface area contributed by atoms with Crippen molar-refractivity contribution in [1.82, 2.24) is 9.97 Å². The molecule has 2 aromatic carbocycles. The van der Waals surface area contributed by atoms with Crippen LogP contribution in [0, 0.1) is 6.92 Å². The van der Waals surface area contributed by atoms with Gasteiger partial charge in [0.05, 0.1) is 5.52 Å². The molecule has 2 N–H and O–H groups in total. The third-order valence-electron chi connectivity index (χ3n) is 4.57. The molecule has 0 amide bonds. The normalized spacial score (nSPS) is 11.2. The Morgan fingerprint density at radius 2 is 1.71 bits per heavy atom. The third kappa shape index (κ3) is 2.58. The Balaban J connectivity index is 1.75. The molecule has 2 aromatic heterocycles. The van der Waals surface area contributed by atoms with Crippen molar-refractivity contribution >= 4 is 27.6 Å². The summed E-state index contributed by atoms with van der Waals surface area (Å²) in [5.41, 5.74) is 11.7. The van der Waals surface area contributed by atoms with Crippen LogP contribution in [0.15, 0.2) is 60.8 Å². The van der Waals surface area contributed by atoms with Gasteiger partial charge in [-0.2, -0.15) is 0 Å². The molecule has 0 atom stereocenters. The summed E-state index contributed by atoms with van der Waals surface area (Å²) in [6.45, 7) is 2.16. The summed E-state index contributed by atoms with van der Waals surface area (Å²) >= 11 is 0. The molecule has 0 radical (unpaired) electrons. The van der Waals surface area contributed by atoms with Gasteiger partial charge in [-0.25, -0.2) is 4.98 Å². The Kier molecular flexibility index (Phi) is 3.62. The molecule has 0 spiro atoms. The number of hydrogen-bond acceptors (Lipinski definition) is 3. The largest absolute Gasteiger partial charge is 0.382 e. The van der Waals surface area contributed by atoms with Crippen molar-refractivity contribution in [1.29, 1.82) is 0 Å². The van der Waals surface area contributed by atoms with Crippen LogP contribution in [-0.4, -0.2) is 9.97 Å². The maximum Gasteiger partial charge on any atom is 0.150 e. The van der Waals surface area contributed by atoms with Crippen LogP contribution in [0.4, 0.5) is 5.82 Å². The van der Waals surface area contributed by atoms with Gasteiger partial charge in [0.25, 0.3) is 0 Å². The number of nitrogens with zero attached hydrogens (tertiary/aromatic N) is 2. The van der Waals surface area contributed by atoms with Gasteiger partial charge in [-0.05, 0) is 48.6 Å². The first-order valence-corrected chi connectivity index (χ1v) is 8.20. The smallest absolute Gasteiger partial charge is 0.150 e. The number of para-hydroxylation sites is 1. The van der Waals surface area contributed by atoms with E-state index in [9.17, 15) is 0 Å². The lowest BCUT2D eigenvalue weighted by Crippen LogP contribution is -1.98. The fourth-order valence-electron chi connectivity index (χ4n) is 3.21. The molecule has 24 heavy (non-hydrogen) atoms. The Morgan fingerprint density at radius 3 is 2.58 bits per heavy atom. The maximum atomic E-state index is 6.08. The second-order valence-electron chi connectivity index (χ2n) is 6.18. The Labute approximate surface area is 141 Å². The Morgan fingerprint density at radius 1 is 0.917 bits per heavy atom. The van der Waals surface area contributed by atoms with Crippen molar-refractivity contribution in [2.45, 2.75) is 19.8 Å². The number of pyridine rings is 2. The number of aryl methyl sites for hydroxylation is 3. The van der Waals surface area contributed by atoms with Crippen molar-refractivity contribution < 1.29 is 0 Å². The van der Waals surface area contributed by atoms with E-state index in [1.807, 2.05) is 24.4 Å². The molecule has 0 aliphatic carbocycles. The van der Waals surface area contributed by atoms with Crippen LogP contribution in [0.1, 0.15) is 16.7 Å². The Hall–Kier alpha value is -2.94. The molecule has 0 saturated carbocycles. The van der Waals surface area contributed by atoms with Crippen molar-refractivity contribution in [2.24, 2.45) is 0 Å². The first kappa shape index (κ1) is 14.6. The molecule has 2 heterocycles. The van der Waals surface area contributed by atoms with Gasteiger partial charge in [-0.3, -0.25) is 4.98 Å². The number of fused-ring (bicyclic) bond motifs is 3. The summed E-state index contributed by atoms with van der Waals surface area (Å²) in [7, 11) is 0. The molecule has 0 bridgehead atoms. The maximum absolute atomic E-state index is 6.08. The second-order valence-corrected chi connectivity index (χ2v) is 6.18. The number of rotatable bonds is 3. The first-order valence-electron chi connectivity index (χ1n) is 8.20. The summed E-state index contributed by atoms with van der Waals surface area (Å²) in [4.78, 5) is 9.03. The number of anilines is 1. The molecule has 3 nitrogen and oxygen atoms in total. The summed E-state index contributed by atoms with van der Waals surface area (Å²) in [6, 6.07) is 18.8. The van der Waals surface area contributed by atoms with E-state index in [0.717, 1.165) is 34.6 Å². The predicted molar refractivity (Wildman–Crippen MR) is 100 cm³/mol. The van der Waals surface area contributed by atoms with Crippen LogP contribution < -0.4 is 5.73 Å². The van der Waals surface area contributed by atoms with Crippen LogP contribution in [-0.2, 0) is 12.8 Å². The number of hydrogen-bond donors (Lipinski definition) is 1. The minimum absolute atomic E-state index is 0.495. The average molecular weight is 313 g/mol. The average Bonchev–Trinajstić information content (AvgIpc) is 2.61. The van der Waals surface area contributed by atoms with Crippen LogP contribution in [0.2, 0.25) is 0 Å². The van der Waals surface area contributed by atoms with E-state index in [1.54, 1.807) is 0 Å². The van der Waals surface area contributed by atoms with Crippen molar-refractivity contribution in [3.63, 3.8) is 0 Å². The number of aromatic nitrogens is 2. The lowest BCUT2D eigenvalue weighted by molar-refractivity contribution is 0.944. The molecular weight excluding hydrogens is 294 g/mol. The highest BCUT2D eigenvalue weighted by atomic mass is 14.9. The first-order chi connectivity index (χ1) is 11.7. The highest BCUT2D eigenvalue weighted by molar-refractivity contribution is 6.08. The molecule has 0 aliphatic heterocycles. The van der Waals surface area contributed by atoms with Gasteiger partial charge in [0.2, 0.25) is 0 Å². The molecule has 4 rings (SSSR count). The van der Waals surface area contributed by atoms with Crippen LogP contribution in [0.25, 0.3) is 21.8 Å². The van der Waals surface area contributed by atoms with E-state index < -0.39 is 0 Å². The third-order valence-corrected chi connectivity index (χ3v) is 4.57. The number of nitrogens with two attached hydrogens (primary N) is 1.